The van der Waals surface area contributed by atoms with Gasteiger partial charge in [-0.2, -0.15) is 0 Å². The Morgan fingerprint density at radius 3 is 3.18 bits per heavy atom. The molecule has 1 aromatic heterocycles. The first-order chi connectivity index (χ1) is 8.38. The molecule has 3 N–H and O–H groups in total. The predicted octanol–water partition coefficient (Wildman–Crippen LogP) is 0.938. The Labute approximate surface area is 100 Å². The zero-order chi connectivity index (χ0) is 11.7. The third-order valence-electron chi connectivity index (χ3n) is 3.43. The number of benzene rings is 1. The second-order valence-corrected chi connectivity index (χ2v) is 4.48. The zero-order valence-corrected chi connectivity index (χ0v) is 9.69. The van der Waals surface area contributed by atoms with Crippen LogP contribution in [0.4, 0.5) is 5.69 Å². The summed E-state index contributed by atoms with van der Waals surface area (Å²) < 4.78 is 0. The minimum Gasteiger partial charge on any atom is -0.394 e. The van der Waals surface area contributed by atoms with Crippen LogP contribution in [0.15, 0.2) is 30.5 Å². The lowest BCUT2D eigenvalue weighted by molar-refractivity contribution is 0.246. The summed E-state index contributed by atoms with van der Waals surface area (Å²) in [6.45, 7) is 2.96. The molecule has 0 aliphatic carbocycles. The lowest BCUT2D eigenvalue weighted by Gasteiger charge is -2.37. The van der Waals surface area contributed by atoms with Crippen molar-refractivity contribution in [3.8, 4) is 0 Å². The molecule has 2 aromatic rings. The van der Waals surface area contributed by atoms with E-state index < -0.39 is 0 Å². The van der Waals surface area contributed by atoms with E-state index in [1.165, 1.54) is 11.1 Å². The Morgan fingerprint density at radius 1 is 1.35 bits per heavy atom. The summed E-state index contributed by atoms with van der Waals surface area (Å²) in [5.74, 6) is 0. The highest BCUT2D eigenvalue weighted by atomic mass is 16.3. The Balaban J connectivity index is 1.95. The number of H-pyrrole nitrogens is 1. The zero-order valence-electron chi connectivity index (χ0n) is 9.69. The molecule has 1 aliphatic heterocycles. The van der Waals surface area contributed by atoms with Gasteiger partial charge in [-0.3, -0.25) is 0 Å². The third kappa shape index (κ3) is 1.90. The predicted molar refractivity (Wildman–Crippen MR) is 69.4 cm³/mol. The Bertz CT molecular complexity index is 508. The monoisotopic (exact) mass is 231 g/mol. The Kier molecular flexibility index (Phi) is 2.74. The van der Waals surface area contributed by atoms with Crippen LogP contribution in [-0.4, -0.2) is 42.4 Å². The average Bonchev–Trinajstić information content (AvgIpc) is 2.85. The van der Waals surface area contributed by atoms with Gasteiger partial charge in [0.2, 0.25) is 0 Å². The average molecular weight is 231 g/mol. The molecule has 0 bridgehead atoms. The molecule has 90 valence electrons. The lowest BCUT2D eigenvalue weighted by atomic mass is 10.1. The highest BCUT2D eigenvalue weighted by molar-refractivity contribution is 5.83. The number of nitrogens with zero attached hydrogens (tertiary/aromatic N) is 1. The largest absolute Gasteiger partial charge is 0.394 e. The molecule has 0 spiro atoms. The first kappa shape index (κ1) is 10.6. The number of anilines is 1. The summed E-state index contributed by atoms with van der Waals surface area (Å²) >= 11 is 0. The summed E-state index contributed by atoms with van der Waals surface area (Å²) in [6.07, 6.45) is 1.95. The van der Waals surface area contributed by atoms with Crippen molar-refractivity contribution < 1.29 is 5.11 Å². The number of aliphatic hydroxyl groups excluding tert-OH is 1. The van der Waals surface area contributed by atoms with Crippen LogP contribution in [0.3, 0.4) is 0 Å². The van der Waals surface area contributed by atoms with Gasteiger partial charge in [0.05, 0.1) is 12.6 Å². The van der Waals surface area contributed by atoms with Gasteiger partial charge >= 0.3 is 0 Å². The van der Waals surface area contributed by atoms with Gasteiger partial charge in [-0.25, -0.2) is 0 Å². The van der Waals surface area contributed by atoms with Gasteiger partial charge in [-0.05, 0) is 24.3 Å². The van der Waals surface area contributed by atoms with Crippen LogP contribution in [0.2, 0.25) is 0 Å². The standard InChI is InChI=1S/C13H17N3O/c17-9-12-8-14-5-6-16(12)11-1-2-13-10(7-11)3-4-15-13/h1-4,7,12,14-15,17H,5-6,8-9H2. The molecule has 0 amide bonds. The van der Waals surface area contributed by atoms with Gasteiger partial charge in [0.25, 0.3) is 0 Å². The minimum atomic E-state index is 0.181. The minimum absolute atomic E-state index is 0.181. The third-order valence-corrected chi connectivity index (χ3v) is 3.43. The van der Waals surface area contributed by atoms with E-state index in [4.69, 9.17) is 0 Å². The van der Waals surface area contributed by atoms with Crippen molar-refractivity contribution in [2.24, 2.45) is 0 Å². The normalized spacial score (nSPS) is 21.0. The molecular formula is C13H17N3O. The first-order valence-electron chi connectivity index (χ1n) is 6.04. The number of rotatable bonds is 2. The molecule has 1 atom stereocenters. The van der Waals surface area contributed by atoms with Gasteiger partial charge in [-0.15, -0.1) is 0 Å². The molecular weight excluding hydrogens is 214 g/mol. The van der Waals surface area contributed by atoms with Crippen LogP contribution in [0.5, 0.6) is 0 Å². The fourth-order valence-corrected chi connectivity index (χ4v) is 2.48. The van der Waals surface area contributed by atoms with Gasteiger partial charge in [0.15, 0.2) is 0 Å². The van der Waals surface area contributed by atoms with Gasteiger partial charge in [0.1, 0.15) is 0 Å². The number of hydrogen-bond donors (Lipinski definition) is 3. The second-order valence-electron chi connectivity index (χ2n) is 4.48. The van der Waals surface area contributed by atoms with Crippen molar-refractivity contribution in [2.45, 2.75) is 6.04 Å². The van der Waals surface area contributed by atoms with Crippen LogP contribution in [0.1, 0.15) is 0 Å². The van der Waals surface area contributed by atoms with E-state index in [0.29, 0.717) is 0 Å². The second kappa shape index (κ2) is 4.39. The summed E-state index contributed by atoms with van der Waals surface area (Å²) in [5, 5.41) is 13.9. The quantitative estimate of drug-likeness (QED) is 0.721. The van der Waals surface area contributed by atoms with E-state index in [0.717, 1.165) is 25.2 Å². The Morgan fingerprint density at radius 2 is 2.29 bits per heavy atom. The van der Waals surface area contributed by atoms with Crippen molar-refractivity contribution >= 4 is 16.6 Å². The topological polar surface area (TPSA) is 51.3 Å². The fraction of sp³-hybridized carbons (Fsp3) is 0.385. The molecule has 1 fully saturated rings. The summed E-state index contributed by atoms with van der Waals surface area (Å²) in [7, 11) is 0. The van der Waals surface area contributed by atoms with Crippen molar-refractivity contribution in [1.29, 1.82) is 0 Å². The summed E-state index contributed by atoms with van der Waals surface area (Å²) in [4.78, 5) is 5.48. The van der Waals surface area contributed by atoms with Crippen molar-refractivity contribution in [3.05, 3.63) is 30.5 Å². The highest BCUT2D eigenvalue weighted by Gasteiger charge is 2.21. The van der Waals surface area contributed by atoms with Crippen LogP contribution in [0, 0.1) is 0 Å². The van der Waals surface area contributed by atoms with Crippen LogP contribution < -0.4 is 10.2 Å². The maximum Gasteiger partial charge on any atom is 0.0647 e. The number of fused-ring (bicyclic) bond motifs is 1. The maximum absolute atomic E-state index is 9.41. The highest BCUT2D eigenvalue weighted by Crippen LogP contribution is 2.23. The number of piperazine rings is 1. The number of aliphatic hydroxyl groups is 1. The van der Waals surface area contributed by atoms with E-state index >= 15 is 0 Å². The Hall–Kier alpha value is -1.52. The van der Waals surface area contributed by atoms with Crippen LogP contribution >= 0.6 is 0 Å². The lowest BCUT2D eigenvalue weighted by Crippen LogP contribution is -2.53. The van der Waals surface area contributed by atoms with Gasteiger partial charge < -0.3 is 20.3 Å². The van der Waals surface area contributed by atoms with E-state index in [1.807, 2.05) is 6.20 Å². The van der Waals surface area contributed by atoms with Crippen molar-refractivity contribution in [3.63, 3.8) is 0 Å². The molecule has 0 saturated carbocycles. The molecule has 1 aromatic carbocycles. The smallest absolute Gasteiger partial charge is 0.0647 e. The molecule has 4 heteroatoms. The summed E-state index contributed by atoms with van der Waals surface area (Å²) in [6, 6.07) is 8.66. The van der Waals surface area contributed by atoms with Gasteiger partial charge in [-0.1, -0.05) is 0 Å². The molecule has 1 aliphatic rings. The first-order valence-corrected chi connectivity index (χ1v) is 6.04. The van der Waals surface area contributed by atoms with Gasteiger partial charge in [0, 0.05) is 42.4 Å². The van der Waals surface area contributed by atoms with E-state index in [2.05, 4.69) is 39.5 Å². The van der Waals surface area contributed by atoms with Crippen LogP contribution in [0.25, 0.3) is 10.9 Å². The van der Waals surface area contributed by atoms with E-state index in [9.17, 15) is 5.11 Å². The molecule has 4 nitrogen and oxygen atoms in total. The molecule has 17 heavy (non-hydrogen) atoms. The fourth-order valence-electron chi connectivity index (χ4n) is 2.48. The molecule has 3 rings (SSSR count). The van der Waals surface area contributed by atoms with Crippen molar-refractivity contribution in [2.75, 3.05) is 31.1 Å². The number of aromatic nitrogens is 1. The van der Waals surface area contributed by atoms with E-state index in [-0.39, 0.29) is 12.6 Å². The molecule has 1 saturated heterocycles. The molecule has 1 unspecified atom stereocenters. The maximum atomic E-state index is 9.41. The number of aromatic amines is 1. The van der Waals surface area contributed by atoms with Crippen LogP contribution in [-0.2, 0) is 0 Å². The number of nitrogens with one attached hydrogen (secondary N) is 2. The SMILES string of the molecule is OCC1CNCCN1c1ccc2[nH]ccc2c1. The summed E-state index contributed by atoms with van der Waals surface area (Å²) in [5.41, 5.74) is 2.35. The molecule has 0 radical (unpaired) electrons. The molecule has 2 heterocycles. The van der Waals surface area contributed by atoms with Crippen molar-refractivity contribution in [1.82, 2.24) is 10.3 Å². The van der Waals surface area contributed by atoms with E-state index in [1.54, 1.807) is 0 Å². The number of hydrogen-bond acceptors (Lipinski definition) is 3.